The number of nitrogens with one attached hydrogen (secondary N) is 1. The molecule has 1 aliphatic heterocycles. The zero-order valence-electron chi connectivity index (χ0n) is 22.0. The van der Waals surface area contributed by atoms with Crippen molar-refractivity contribution in [3.63, 3.8) is 0 Å². The highest BCUT2D eigenvalue weighted by atomic mass is 16.6. The van der Waals surface area contributed by atoms with E-state index in [0.29, 0.717) is 12.0 Å². The van der Waals surface area contributed by atoms with Crippen molar-refractivity contribution in [2.75, 3.05) is 42.0 Å². The number of benzene rings is 1. The minimum Gasteiger partial charge on any atom is -0.493 e. The second-order valence-electron chi connectivity index (χ2n) is 8.74. The van der Waals surface area contributed by atoms with Gasteiger partial charge in [0, 0.05) is 32.5 Å². The van der Waals surface area contributed by atoms with Gasteiger partial charge in [0.2, 0.25) is 0 Å². The molecule has 2 N–H and O–H groups in total. The maximum Gasteiger partial charge on any atom is 0.412 e. The zero-order chi connectivity index (χ0) is 26.1. The molecular formula is C27H44N2O6. The molecule has 2 aliphatic carbocycles. The number of likely N-dealkylation sites (tertiary alicyclic amines) is 1. The van der Waals surface area contributed by atoms with Gasteiger partial charge in [0.15, 0.2) is 11.5 Å². The first-order valence-corrected chi connectivity index (χ1v) is 12.4. The average molecular weight is 493 g/mol. The van der Waals surface area contributed by atoms with Gasteiger partial charge in [-0.2, -0.15) is 0 Å². The highest BCUT2D eigenvalue weighted by Crippen LogP contribution is 2.35. The summed E-state index contributed by atoms with van der Waals surface area (Å²) in [5.41, 5.74) is 0. The molecule has 1 saturated carbocycles. The Morgan fingerprint density at radius 3 is 2.14 bits per heavy atom. The SMILES string of the molecule is CNC(=O)OC1=CCC2CCN(C)C2C1.CO.COc1ccccc1OC.O=CC1CCCCC1. The number of allylic oxidation sites excluding steroid dienone is 1. The molecule has 0 radical (unpaired) electrons. The van der Waals surface area contributed by atoms with Crippen LogP contribution in [0.25, 0.3) is 0 Å². The number of methoxy groups -OCH3 is 2. The van der Waals surface area contributed by atoms with E-state index in [2.05, 4.69) is 23.3 Å². The number of para-hydroxylation sites is 2. The van der Waals surface area contributed by atoms with Crippen molar-refractivity contribution in [3.05, 3.63) is 36.1 Å². The highest BCUT2D eigenvalue weighted by molar-refractivity contribution is 5.68. The third-order valence-corrected chi connectivity index (χ3v) is 6.58. The topological polar surface area (TPSA) is 97.3 Å². The first kappa shape index (κ1) is 30.5. The number of nitrogens with zero attached hydrogens (tertiary/aromatic N) is 1. The molecule has 8 nitrogen and oxygen atoms in total. The number of fused-ring (bicyclic) bond motifs is 1. The maximum atomic E-state index is 11.1. The van der Waals surface area contributed by atoms with E-state index in [1.807, 2.05) is 24.3 Å². The van der Waals surface area contributed by atoms with E-state index in [1.165, 1.54) is 25.7 Å². The Morgan fingerprint density at radius 1 is 1.06 bits per heavy atom. The molecule has 198 valence electrons. The summed E-state index contributed by atoms with van der Waals surface area (Å²) in [5, 5.41) is 9.47. The Bertz CT molecular complexity index is 741. The molecule has 1 aromatic rings. The molecular weight excluding hydrogens is 448 g/mol. The third kappa shape index (κ3) is 10.7. The fourth-order valence-corrected chi connectivity index (χ4v) is 4.57. The van der Waals surface area contributed by atoms with E-state index in [0.717, 1.165) is 68.8 Å². The second kappa shape index (κ2) is 17.8. The lowest BCUT2D eigenvalue weighted by Gasteiger charge is -2.28. The fourth-order valence-electron chi connectivity index (χ4n) is 4.57. The Kier molecular flexibility index (Phi) is 15.5. The number of hydrogen-bond donors (Lipinski definition) is 2. The van der Waals surface area contributed by atoms with Crippen LogP contribution in [0.2, 0.25) is 0 Å². The standard InChI is InChI=1S/C11H18N2O2.C8H10O2.C7H12O.CH4O/c1-12-11(14)15-9-4-3-8-5-6-13(2)10(8)7-9;1-9-7-5-3-4-6-8(7)10-2;8-6-7-4-2-1-3-5-7;1-2/h4,8,10H,3,5-7H2,1-2H3,(H,12,14);3-6H,1-2H3;6-7H,1-5H2;2H,1H3. The van der Waals surface area contributed by atoms with Crippen LogP contribution < -0.4 is 14.8 Å². The minimum atomic E-state index is -0.361. The molecule has 0 bridgehead atoms. The Morgan fingerprint density at radius 2 is 1.66 bits per heavy atom. The van der Waals surface area contributed by atoms with Crippen LogP contribution in [-0.4, -0.2) is 70.4 Å². The van der Waals surface area contributed by atoms with Gasteiger partial charge >= 0.3 is 6.09 Å². The molecule has 0 spiro atoms. The summed E-state index contributed by atoms with van der Waals surface area (Å²) in [6.07, 6.45) is 12.2. The number of aliphatic hydroxyl groups excluding tert-OH is 1. The van der Waals surface area contributed by atoms with E-state index < -0.39 is 0 Å². The van der Waals surface area contributed by atoms with Crippen LogP contribution >= 0.6 is 0 Å². The smallest absolute Gasteiger partial charge is 0.412 e. The largest absolute Gasteiger partial charge is 0.493 e. The van der Waals surface area contributed by atoms with Gasteiger partial charge in [-0.15, -0.1) is 0 Å². The normalized spacial score (nSPS) is 21.1. The number of amides is 1. The van der Waals surface area contributed by atoms with E-state index >= 15 is 0 Å². The van der Waals surface area contributed by atoms with Crippen LogP contribution in [0, 0.1) is 11.8 Å². The molecule has 1 aromatic carbocycles. The van der Waals surface area contributed by atoms with E-state index in [9.17, 15) is 9.59 Å². The van der Waals surface area contributed by atoms with Crippen LogP contribution in [0.15, 0.2) is 36.1 Å². The summed E-state index contributed by atoms with van der Waals surface area (Å²) in [6, 6.07) is 8.09. The number of hydrogen-bond acceptors (Lipinski definition) is 7. The van der Waals surface area contributed by atoms with E-state index in [-0.39, 0.29) is 6.09 Å². The monoisotopic (exact) mass is 492 g/mol. The summed E-state index contributed by atoms with van der Waals surface area (Å²) in [4.78, 5) is 23.6. The van der Waals surface area contributed by atoms with Crippen molar-refractivity contribution in [3.8, 4) is 11.5 Å². The van der Waals surface area contributed by atoms with E-state index in [1.54, 1.807) is 21.3 Å². The number of rotatable bonds is 4. The van der Waals surface area contributed by atoms with Gasteiger partial charge in [-0.25, -0.2) is 4.79 Å². The molecule has 1 amide bonds. The molecule has 8 heteroatoms. The van der Waals surface area contributed by atoms with Gasteiger partial charge in [-0.3, -0.25) is 0 Å². The summed E-state index contributed by atoms with van der Waals surface area (Å²) in [6.45, 7) is 1.16. The molecule has 2 unspecified atom stereocenters. The predicted molar refractivity (Wildman–Crippen MR) is 138 cm³/mol. The molecule has 1 saturated heterocycles. The molecule has 2 atom stereocenters. The molecule has 35 heavy (non-hydrogen) atoms. The number of ether oxygens (including phenoxy) is 3. The molecule has 0 aromatic heterocycles. The van der Waals surface area contributed by atoms with Crippen LogP contribution in [0.5, 0.6) is 11.5 Å². The van der Waals surface area contributed by atoms with Crippen molar-refractivity contribution in [2.24, 2.45) is 11.8 Å². The number of carbonyl (C=O) groups excluding carboxylic acids is 2. The lowest BCUT2D eigenvalue weighted by atomic mass is 9.89. The van der Waals surface area contributed by atoms with E-state index in [4.69, 9.17) is 19.3 Å². The number of carbonyl (C=O) groups is 2. The van der Waals surface area contributed by atoms with Crippen LogP contribution in [0.3, 0.4) is 0 Å². The summed E-state index contributed by atoms with van der Waals surface area (Å²) < 4.78 is 15.2. The summed E-state index contributed by atoms with van der Waals surface area (Å²) in [7, 11) is 7.97. The quantitative estimate of drug-likeness (QED) is 0.601. The van der Waals surface area contributed by atoms with Crippen LogP contribution in [-0.2, 0) is 9.53 Å². The molecule has 1 heterocycles. The fraction of sp³-hybridized carbons (Fsp3) is 0.630. The average Bonchev–Trinajstić information content (AvgIpc) is 3.30. The number of aldehydes is 1. The van der Waals surface area contributed by atoms with Gasteiger partial charge in [-0.05, 0) is 63.4 Å². The lowest BCUT2D eigenvalue weighted by Crippen LogP contribution is -2.33. The van der Waals surface area contributed by atoms with Gasteiger partial charge in [0.1, 0.15) is 12.0 Å². The van der Waals surface area contributed by atoms with Gasteiger partial charge in [0.25, 0.3) is 0 Å². The van der Waals surface area contributed by atoms with Crippen molar-refractivity contribution < 1.29 is 28.9 Å². The molecule has 3 aliphatic rings. The molecule has 2 fully saturated rings. The molecule has 4 rings (SSSR count). The van der Waals surface area contributed by atoms with Crippen molar-refractivity contribution >= 4 is 12.4 Å². The predicted octanol–water partition coefficient (Wildman–Crippen LogP) is 4.42. The number of aliphatic hydroxyl groups is 1. The Labute approximate surface area is 210 Å². The van der Waals surface area contributed by atoms with Crippen molar-refractivity contribution in [2.45, 2.75) is 57.4 Å². The minimum absolute atomic E-state index is 0.361. The Hall–Kier alpha value is -2.58. The third-order valence-electron chi connectivity index (χ3n) is 6.58. The lowest BCUT2D eigenvalue weighted by molar-refractivity contribution is -0.111. The number of alkyl carbamates (subject to hydrolysis) is 1. The summed E-state index contributed by atoms with van der Waals surface area (Å²) in [5.74, 6) is 3.52. The highest BCUT2D eigenvalue weighted by Gasteiger charge is 2.35. The summed E-state index contributed by atoms with van der Waals surface area (Å²) >= 11 is 0. The van der Waals surface area contributed by atoms with Crippen LogP contribution in [0.4, 0.5) is 4.79 Å². The van der Waals surface area contributed by atoms with Gasteiger partial charge in [0.05, 0.1) is 14.2 Å². The first-order chi connectivity index (χ1) is 17.0. The Balaban J connectivity index is 0.000000267. The first-order valence-electron chi connectivity index (χ1n) is 12.4. The van der Waals surface area contributed by atoms with Crippen molar-refractivity contribution in [1.82, 2.24) is 10.2 Å². The second-order valence-corrected chi connectivity index (χ2v) is 8.74. The maximum absolute atomic E-state index is 11.1. The van der Waals surface area contributed by atoms with Crippen LogP contribution in [0.1, 0.15) is 51.4 Å². The van der Waals surface area contributed by atoms with Gasteiger partial charge in [-0.1, -0.05) is 31.4 Å². The van der Waals surface area contributed by atoms with Gasteiger partial charge < -0.3 is 34.3 Å². The zero-order valence-corrected chi connectivity index (χ0v) is 22.0. The van der Waals surface area contributed by atoms with Crippen molar-refractivity contribution in [1.29, 1.82) is 0 Å².